The summed E-state index contributed by atoms with van der Waals surface area (Å²) in [6, 6.07) is 18.6. The van der Waals surface area contributed by atoms with Crippen molar-refractivity contribution in [1.29, 1.82) is 0 Å². The van der Waals surface area contributed by atoms with Crippen LogP contribution in [0.15, 0.2) is 54.6 Å². The smallest absolute Gasteiger partial charge is 0.127 e. The summed E-state index contributed by atoms with van der Waals surface area (Å²) in [6.45, 7) is 3.62. The van der Waals surface area contributed by atoms with Gasteiger partial charge in [0.1, 0.15) is 5.75 Å². The van der Waals surface area contributed by atoms with Crippen LogP contribution in [0.2, 0.25) is 0 Å². The number of ether oxygens (including phenoxy) is 2. The molecule has 21 heavy (non-hydrogen) atoms. The van der Waals surface area contributed by atoms with Gasteiger partial charge in [0.2, 0.25) is 0 Å². The van der Waals surface area contributed by atoms with Crippen LogP contribution in [0.1, 0.15) is 6.42 Å². The van der Waals surface area contributed by atoms with Gasteiger partial charge in [-0.2, -0.15) is 0 Å². The molecule has 3 nitrogen and oxygen atoms in total. The van der Waals surface area contributed by atoms with Crippen LogP contribution in [0.3, 0.4) is 0 Å². The molecule has 0 bridgehead atoms. The van der Waals surface area contributed by atoms with Crippen molar-refractivity contribution < 1.29 is 14.8 Å². The minimum atomic E-state index is 0.743. The molecule has 0 aliphatic heterocycles. The summed E-state index contributed by atoms with van der Waals surface area (Å²) in [4.78, 5) is 0. The molecule has 112 valence electrons. The molecule has 2 aromatic carbocycles. The molecule has 0 saturated carbocycles. The Morgan fingerprint density at radius 2 is 1.62 bits per heavy atom. The number of hydrogen-bond donors (Lipinski definition) is 1. The van der Waals surface area contributed by atoms with Gasteiger partial charge in [-0.15, -0.1) is 0 Å². The standard InChI is InChI=1S/C18H23NO2/c1-20-15-13-19-12-7-14-21-18-11-6-5-10-17(18)16-8-3-2-4-9-16/h2-6,8-11,19H,7,12-15H2,1H3/p+1. The molecule has 0 saturated heterocycles. The van der Waals surface area contributed by atoms with Gasteiger partial charge in [-0.1, -0.05) is 48.5 Å². The van der Waals surface area contributed by atoms with Crippen LogP contribution < -0.4 is 10.1 Å². The number of quaternary nitrogens is 1. The molecule has 0 unspecified atom stereocenters. The van der Waals surface area contributed by atoms with E-state index in [0.29, 0.717) is 0 Å². The predicted octanol–water partition coefficient (Wildman–Crippen LogP) is 2.33. The van der Waals surface area contributed by atoms with Crippen molar-refractivity contribution in [3.8, 4) is 16.9 Å². The van der Waals surface area contributed by atoms with E-state index >= 15 is 0 Å². The van der Waals surface area contributed by atoms with E-state index in [1.165, 1.54) is 5.56 Å². The molecule has 0 aliphatic rings. The molecule has 2 aromatic rings. The number of hydrogen-bond acceptors (Lipinski definition) is 2. The van der Waals surface area contributed by atoms with E-state index in [4.69, 9.17) is 9.47 Å². The molecule has 3 heteroatoms. The van der Waals surface area contributed by atoms with E-state index in [9.17, 15) is 0 Å². The fourth-order valence-electron chi connectivity index (χ4n) is 2.20. The zero-order chi connectivity index (χ0) is 14.8. The maximum atomic E-state index is 5.95. The molecule has 0 spiro atoms. The average molecular weight is 286 g/mol. The zero-order valence-electron chi connectivity index (χ0n) is 12.6. The lowest BCUT2D eigenvalue weighted by molar-refractivity contribution is -0.656. The first-order valence-corrected chi connectivity index (χ1v) is 7.49. The van der Waals surface area contributed by atoms with Crippen molar-refractivity contribution in [3.63, 3.8) is 0 Å². The van der Waals surface area contributed by atoms with Crippen LogP contribution in [0.25, 0.3) is 11.1 Å². The molecule has 2 N–H and O–H groups in total. The van der Waals surface area contributed by atoms with E-state index in [-0.39, 0.29) is 0 Å². The first kappa shape index (κ1) is 15.5. The van der Waals surface area contributed by atoms with Gasteiger partial charge in [-0.05, 0) is 11.6 Å². The maximum absolute atomic E-state index is 5.95. The van der Waals surface area contributed by atoms with Gasteiger partial charge in [0.15, 0.2) is 0 Å². The maximum Gasteiger partial charge on any atom is 0.127 e. The van der Waals surface area contributed by atoms with Gasteiger partial charge in [0.05, 0.1) is 26.3 Å². The van der Waals surface area contributed by atoms with E-state index in [1.54, 1.807) is 7.11 Å². The third-order valence-electron chi connectivity index (χ3n) is 3.31. The van der Waals surface area contributed by atoms with Crippen molar-refractivity contribution in [1.82, 2.24) is 0 Å². The number of nitrogens with two attached hydrogens (primary N) is 1. The van der Waals surface area contributed by atoms with Gasteiger partial charge in [-0.3, -0.25) is 0 Å². The van der Waals surface area contributed by atoms with Crippen LogP contribution in [0.4, 0.5) is 0 Å². The number of para-hydroxylation sites is 1. The summed E-state index contributed by atoms with van der Waals surface area (Å²) in [5.74, 6) is 0.959. The topological polar surface area (TPSA) is 35.1 Å². The van der Waals surface area contributed by atoms with Crippen molar-refractivity contribution in [2.45, 2.75) is 6.42 Å². The SMILES string of the molecule is COCC[NH2+]CCCOc1ccccc1-c1ccccc1. The van der Waals surface area contributed by atoms with Crippen LogP contribution in [0, 0.1) is 0 Å². The second-order valence-electron chi connectivity index (χ2n) is 4.92. The summed E-state index contributed by atoms with van der Waals surface area (Å²) in [5.41, 5.74) is 2.35. The Bertz CT molecular complexity index is 514. The van der Waals surface area contributed by atoms with Gasteiger partial charge in [-0.25, -0.2) is 0 Å². The molecular weight excluding hydrogens is 262 g/mol. The van der Waals surface area contributed by atoms with Crippen LogP contribution in [0.5, 0.6) is 5.75 Å². The zero-order valence-corrected chi connectivity index (χ0v) is 12.6. The molecule has 0 fully saturated rings. The lowest BCUT2D eigenvalue weighted by Crippen LogP contribution is -2.85. The minimum absolute atomic E-state index is 0.743. The first-order chi connectivity index (χ1) is 10.4. The summed E-state index contributed by atoms with van der Waals surface area (Å²) >= 11 is 0. The van der Waals surface area contributed by atoms with Crippen molar-refractivity contribution in [3.05, 3.63) is 54.6 Å². The Hall–Kier alpha value is -1.84. The monoisotopic (exact) mass is 286 g/mol. The summed E-state index contributed by atoms with van der Waals surface area (Å²) < 4.78 is 11.0. The van der Waals surface area contributed by atoms with Crippen molar-refractivity contribution >= 4 is 0 Å². The Morgan fingerprint density at radius 1 is 0.857 bits per heavy atom. The largest absolute Gasteiger partial charge is 0.493 e. The Balaban J connectivity index is 1.84. The van der Waals surface area contributed by atoms with E-state index < -0.39 is 0 Å². The Kier molecular flexibility index (Phi) is 6.78. The summed E-state index contributed by atoms with van der Waals surface area (Å²) in [5, 5.41) is 2.26. The Labute approximate surface area is 126 Å². The summed E-state index contributed by atoms with van der Waals surface area (Å²) in [7, 11) is 1.73. The van der Waals surface area contributed by atoms with E-state index in [0.717, 1.165) is 44.0 Å². The van der Waals surface area contributed by atoms with Gasteiger partial charge < -0.3 is 14.8 Å². The second-order valence-corrected chi connectivity index (χ2v) is 4.92. The lowest BCUT2D eigenvalue weighted by Gasteiger charge is -2.11. The van der Waals surface area contributed by atoms with Gasteiger partial charge in [0, 0.05) is 19.1 Å². The third-order valence-corrected chi connectivity index (χ3v) is 3.31. The van der Waals surface area contributed by atoms with Crippen LogP contribution >= 0.6 is 0 Å². The molecule has 2 rings (SSSR count). The van der Waals surface area contributed by atoms with Crippen molar-refractivity contribution in [2.24, 2.45) is 0 Å². The highest BCUT2D eigenvalue weighted by Gasteiger charge is 2.05. The van der Waals surface area contributed by atoms with E-state index in [2.05, 4.69) is 35.6 Å². The predicted molar refractivity (Wildman–Crippen MR) is 85.5 cm³/mol. The molecule has 0 atom stereocenters. The quantitative estimate of drug-likeness (QED) is 0.718. The number of methoxy groups -OCH3 is 1. The third kappa shape index (κ3) is 5.21. The number of benzene rings is 2. The van der Waals surface area contributed by atoms with Gasteiger partial charge in [0.25, 0.3) is 0 Å². The highest BCUT2D eigenvalue weighted by Crippen LogP contribution is 2.29. The van der Waals surface area contributed by atoms with Crippen LogP contribution in [-0.4, -0.2) is 33.4 Å². The molecular formula is C18H24NO2+. The molecule has 0 aliphatic carbocycles. The summed E-state index contributed by atoms with van der Waals surface area (Å²) in [6.07, 6.45) is 1.03. The fourth-order valence-corrected chi connectivity index (χ4v) is 2.20. The fraction of sp³-hybridized carbons (Fsp3) is 0.333. The number of rotatable bonds is 9. The molecule has 0 aromatic heterocycles. The Morgan fingerprint density at radius 3 is 2.43 bits per heavy atom. The lowest BCUT2D eigenvalue weighted by atomic mass is 10.1. The highest BCUT2D eigenvalue weighted by molar-refractivity contribution is 5.70. The molecule has 0 amide bonds. The highest BCUT2D eigenvalue weighted by atomic mass is 16.5. The normalized spacial score (nSPS) is 10.5. The average Bonchev–Trinajstić information content (AvgIpc) is 2.55. The van der Waals surface area contributed by atoms with E-state index in [1.807, 2.05) is 24.3 Å². The molecule has 0 radical (unpaired) electrons. The molecule has 0 heterocycles. The minimum Gasteiger partial charge on any atom is -0.493 e. The second kappa shape index (κ2) is 9.16. The van der Waals surface area contributed by atoms with Crippen LogP contribution in [-0.2, 0) is 4.74 Å². The van der Waals surface area contributed by atoms with Crippen molar-refractivity contribution in [2.75, 3.05) is 33.4 Å². The van der Waals surface area contributed by atoms with Gasteiger partial charge >= 0.3 is 0 Å². The first-order valence-electron chi connectivity index (χ1n) is 7.49.